The summed E-state index contributed by atoms with van der Waals surface area (Å²) in [5, 5.41) is 11.4. The highest BCUT2D eigenvalue weighted by Crippen LogP contribution is 2.45. The normalized spacial score (nSPS) is 17.2. The maximum absolute atomic E-state index is 13.3. The molecule has 8 heteroatoms. The number of Topliss-reactive ketones (excluding diaryl/α,β-unsaturated/α-hetero) is 1. The second-order valence-corrected chi connectivity index (χ2v) is 8.57. The number of ketones is 1. The lowest BCUT2D eigenvalue weighted by Gasteiger charge is -2.27. The van der Waals surface area contributed by atoms with Crippen LogP contribution in [0.15, 0.2) is 42.0 Å². The van der Waals surface area contributed by atoms with Crippen molar-refractivity contribution in [3.05, 3.63) is 58.7 Å². The minimum absolute atomic E-state index is 0.00380. The molecule has 35 heavy (non-hydrogen) atoms. The predicted molar refractivity (Wildman–Crippen MR) is 132 cm³/mol. The van der Waals surface area contributed by atoms with Gasteiger partial charge in [-0.05, 0) is 57.0 Å². The van der Waals surface area contributed by atoms with Crippen LogP contribution in [0.2, 0.25) is 0 Å². The Morgan fingerprint density at radius 1 is 1.06 bits per heavy atom. The van der Waals surface area contributed by atoms with Crippen LogP contribution in [-0.2, 0) is 14.3 Å². The van der Waals surface area contributed by atoms with Crippen LogP contribution in [0.25, 0.3) is 5.76 Å². The van der Waals surface area contributed by atoms with E-state index in [4.69, 9.17) is 18.9 Å². The molecule has 1 aliphatic rings. The highest BCUT2D eigenvalue weighted by atomic mass is 16.5. The molecule has 1 unspecified atom stereocenters. The van der Waals surface area contributed by atoms with Crippen LogP contribution >= 0.6 is 0 Å². The topological polar surface area (TPSA) is 94.5 Å². The molecular weight excluding hydrogens is 450 g/mol. The second-order valence-electron chi connectivity index (χ2n) is 8.57. The Hall–Kier alpha value is -3.52. The van der Waals surface area contributed by atoms with Gasteiger partial charge in [0.25, 0.3) is 11.7 Å². The van der Waals surface area contributed by atoms with Gasteiger partial charge < -0.3 is 29.0 Å². The van der Waals surface area contributed by atoms with Gasteiger partial charge in [0.1, 0.15) is 11.5 Å². The Morgan fingerprint density at radius 3 is 2.40 bits per heavy atom. The minimum Gasteiger partial charge on any atom is -0.507 e. The van der Waals surface area contributed by atoms with Gasteiger partial charge in [0.05, 0.1) is 31.9 Å². The number of hydrogen-bond donors (Lipinski definition) is 1. The third-order valence-corrected chi connectivity index (χ3v) is 5.83. The first-order chi connectivity index (χ1) is 16.7. The van der Waals surface area contributed by atoms with Gasteiger partial charge in [-0.25, -0.2) is 0 Å². The quantitative estimate of drug-likeness (QED) is 0.234. The van der Waals surface area contributed by atoms with Crippen molar-refractivity contribution in [2.24, 2.45) is 0 Å². The SMILES string of the molecule is COCCCN1C(=O)C(=O)/C(=C(/O)c2ccc(OC(C)C)c(C)c2)C1c1cccc(OC)c1OC. The smallest absolute Gasteiger partial charge is 0.295 e. The maximum atomic E-state index is 13.3. The number of para-hydroxylation sites is 1. The first-order valence-electron chi connectivity index (χ1n) is 11.5. The minimum atomic E-state index is -0.858. The molecule has 8 nitrogen and oxygen atoms in total. The summed E-state index contributed by atoms with van der Waals surface area (Å²) in [5.74, 6) is -0.168. The number of carbonyl (C=O) groups is 2. The summed E-state index contributed by atoms with van der Waals surface area (Å²) in [7, 11) is 4.58. The van der Waals surface area contributed by atoms with Gasteiger partial charge in [0.2, 0.25) is 0 Å². The largest absolute Gasteiger partial charge is 0.507 e. The second kappa shape index (κ2) is 11.3. The molecule has 1 heterocycles. The van der Waals surface area contributed by atoms with Gasteiger partial charge in [0, 0.05) is 31.4 Å². The van der Waals surface area contributed by atoms with Gasteiger partial charge in [-0.1, -0.05) is 12.1 Å². The zero-order chi connectivity index (χ0) is 25.7. The molecule has 2 aromatic carbocycles. The molecule has 0 bridgehead atoms. The average Bonchev–Trinajstić information content (AvgIpc) is 3.09. The Kier molecular flexibility index (Phi) is 8.40. The molecule has 188 valence electrons. The average molecular weight is 484 g/mol. The summed E-state index contributed by atoms with van der Waals surface area (Å²) in [6.07, 6.45) is 0.512. The molecule has 3 rings (SSSR count). The molecule has 0 spiro atoms. The summed E-state index contributed by atoms with van der Waals surface area (Å²) in [6.45, 7) is 6.40. The molecule has 1 amide bonds. The van der Waals surface area contributed by atoms with E-state index >= 15 is 0 Å². The number of carbonyl (C=O) groups excluding carboxylic acids is 2. The number of nitrogens with zero attached hydrogens (tertiary/aromatic N) is 1. The van der Waals surface area contributed by atoms with Crippen LogP contribution in [0.3, 0.4) is 0 Å². The lowest BCUT2D eigenvalue weighted by molar-refractivity contribution is -0.140. The summed E-state index contributed by atoms with van der Waals surface area (Å²) in [6, 6.07) is 9.57. The van der Waals surface area contributed by atoms with Crippen LogP contribution < -0.4 is 14.2 Å². The number of aryl methyl sites for hydroxylation is 1. The van der Waals surface area contributed by atoms with Crippen LogP contribution in [0, 0.1) is 6.92 Å². The van der Waals surface area contributed by atoms with E-state index in [0.29, 0.717) is 41.4 Å². The van der Waals surface area contributed by atoms with Crippen molar-refractivity contribution in [3.8, 4) is 17.2 Å². The fourth-order valence-corrected chi connectivity index (χ4v) is 4.28. The van der Waals surface area contributed by atoms with Gasteiger partial charge >= 0.3 is 0 Å². The molecule has 1 aliphatic heterocycles. The molecular formula is C27H33NO7. The fraction of sp³-hybridized carbons (Fsp3) is 0.407. The molecule has 1 fully saturated rings. The lowest BCUT2D eigenvalue weighted by atomic mass is 9.93. The Balaban J connectivity index is 2.19. The van der Waals surface area contributed by atoms with Crippen molar-refractivity contribution in [2.45, 2.75) is 39.3 Å². The van der Waals surface area contributed by atoms with Crippen molar-refractivity contribution in [1.29, 1.82) is 0 Å². The molecule has 1 atom stereocenters. The number of likely N-dealkylation sites (tertiary alicyclic amines) is 1. The third-order valence-electron chi connectivity index (χ3n) is 5.83. The monoisotopic (exact) mass is 483 g/mol. The molecule has 0 aliphatic carbocycles. The van der Waals surface area contributed by atoms with Crippen LogP contribution in [0.4, 0.5) is 0 Å². The van der Waals surface area contributed by atoms with Crippen LogP contribution in [0.1, 0.15) is 43.0 Å². The summed E-state index contributed by atoms with van der Waals surface area (Å²) in [4.78, 5) is 27.8. The van der Waals surface area contributed by atoms with Crippen LogP contribution in [-0.4, -0.2) is 62.3 Å². The van der Waals surface area contributed by atoms with Gasteiger partial charge in [0.15, 0.2) is 11.5 Å². The lowest BCUT2D eigenvalue weighted by Crippen LogP contribution is -2.31. The van der Waals surface area contributed by atoms with Crippen molar-refractivity contribution in [1.82, 2.24) is 4.90 Å². The number of rotatable bonds is 10. The highest BCUT2D eigenvalue weighted by Gasteiger charge is 2.47. The van der Waals surface area contributed by atoms with E-state index in [1.807, 2.05) is 20.8 Å². The Bertz CT molecular complexity index is 1120. The van der Waals surface area contributed by atoms with Crippen molar-refractivity contribution in [2.75, 3.05) is 34.5 Å². The number of hydrogen-bond acceptors (Lipinski definition) is 7. The van der Waals surface area contributed by atoms with E-state index < -0.39 is 17.7 Å². The van der Waals surface area contributed by atoms with E-state index in [2.05, 4.69) is 0 Å². The standard InChI is InChI=1S/C27H33NO7/c1-16(2)35-20-12-11-18(15-17(20)3)24(29)22-23(19-9-7-10-21(33-5)26(19)34-6)28(13-8-14-32-4)27(31)25(22)30/h7,9-12,15-16,23,29H,8,13-14H2,1-6H3/b24-22+. The summed E-state index contributed by atoms with van der Waals surface area (Å²) in [5.41, 5.74) is 1.75. The van der Waals surface area contributed by atoms with E-state index in [-0.39, 0.29) is 24.0 Å². The number of ether oxygens (including phenoxy) is 4. The third kappa shape index (κ3) is 5.27. The highest BCUT2D eigenvalue weighted by molar-refractivity contribution is 6.46. The van der Waals surface area contributed by atoms with E-state index in [1.165, 1.54) is 19.1 Å². The number of aliphatic hydroxyl groups excluding tert-OH is 1. The number of methoxy groups -OCH3 is 3. The number of benzene rings is 2. The molecule has 0 radical (unpaired) electrons. The maximum Gasteiger partial charge on any atom is 0.295 e. The number of aliphatic hydroxyl groups is 1. The molecule has 0 saturated carbocycles. The van der Waals surface area contributed by atoms with E-state index in [9.17, 15) is 14.7 Å². The van der Waals surface area contributed by atoms with Gasteiger partial charge in [-0.15, -0.1) is 0 Å². The first-order valence-corrected chi connectivity index (χ1v) is 11.5. The van der Waals surface area contributed by atoms with Gasteiger partial charge in [-0.3, -0.25) is 9.59 Å². The Morgan fingerprint density at radius 2 is 1.80 bits per heavy atom. The van der Waals surface area contributed by atoms with Gasteiger partial charge in [-0.2, -0.15) is 0 Å². The fourth-order valence-electron chi connectivity index (χ4n) is 4.28. The zero-order valence-corrected chi connectivity index (χ0v) is 21.1. The van der Waals surface area contributed by atoms with Crippen molar-refractivity contribution < 1.29 is 33.6 Å². The Labute approximate surface area is 206 Å². The molecule has 2 aromatic rings. The predicted octanol–water partition coefficient (Wildman–Crippen LogP) is 4.26. The molecule has 1 N–H and O–H groups in total. The molecule has 1 saturated heterocycles. The summed E-state index contributed by atoms with van der Waals surface area (Å²) < 4.78 is 22.0. The van der Waals surface area contributed by atoms with Crippen molar-refractivity contribution in [3.63, 3.8) is 0 Å². The summed E-state index contributed by atoms with van der Waals surface area (Å²) >= 11 is 0. The van der Waals surface area contributed by atoms with E-state index in [0.717, 1.165) is 5.56 Å². The van der Waals surface area contributed by atoms with E-state index in [1.54, 1.807) is 43.5 Å². The number of amides is 1. The first kappa shape index (κ1) is 26.1. The zero-order valence-electron chi connectivity index (χ0n) is 21.1. The van der Waals surface area contributed by atoms with Crippen LogP contribution in [0.5, 0.6) is 17.2 Å². The molecule has 0 aromatic heterocycles. The van der Waals surface area contributed by atoms with Crippen molar-refractivity contribution >= 4 is 17.4 Å².